The quantitative estimate of drug-likeness (QED) is 0.522. The number of nitrogens with two attached hydrogens (primary N) is 1. The van der Waals surface area contributed by atoms with Gasteiger partial charge in [-0.3, -0.25) is 0 Å². The van der Waals surface area contributed by atoms with Crippen LogP contribution in [-0.4, -0.2) is 23.9 Å². The monoisotopic (exact) mass is 318 g/mol. The average molecular weight is 319 g/mol. The smallest absolute Gasteiger partial charge is 0.120 e. The van der Waals surface area contributed by atoms with Crippen LogP contribution in [0.5, 0.6) is 5.75 Å². The largest absolute Gasteiger partial charge is 0.493 e. The normalized spacial score (nSPS) is 9.81. The summed E-state index contributed by atoms with van der Waals surface area (Å²) in [5.74, 6) is 7.43. The van der Waals surface area contributed by atoms with Gasteiger partial charge < -0.3 is 10.5 Å². The second-order valence-electron chi connectivity index (χ2n) is 4.05. The molecule has 0 aliphatic rings. The fourth-order valence-electron chi connectivity index (χ4n) is 1.57. The van der Waals surface area contributed by atoms with E-state index in [1.165, 1.54) is 0 Å². The lowest BCUT2D eigenvalue weighted by Gasteiger charge is -2.06. The number of hydrogen-bond acceptors (Lipinski definition) is 4. The number of rotatable bonds is 5. The molecule has 1 aromatic heterocycles. The SMILES string of the molecule is NCC#Cc1cccc(OCCSc2ccc(Cl)cn2)c1. The second kappa shape index (κ2) is 8.58. The molecule has 0 amide bonds. The third-order valence-electron chi connectivity index (χ3n) is 2.47. The zero-order valence-electron chi connectivity index (χ0n) is 11.4. The fraction of sp³-hybridized carbons (Fsp3) is 0.188. The van der Waals surface area contributed by atoms with Gasteiger partial charge in [0, 0.05) is 17.5 Å². The summed E-state index contributed by atoms with van der Waals surface area (Å²) in [4.78, 5) is 4.22. The summed E-state index contributed by atoms with van der Waals surface area (Å²) >= 11 is 7.42. The molecule has 0 saturated heterocycles. The molecule has 2 rings (SSSR count). The van der Waals surface area contributed by atoms with Gasteiger partial charge in [-0.2, -0.15) is 0 Å². The highest BCUT2D eigenvalue weighted by molar-refractivity contribution is 7.99. The molecule has 0 radical (unpaired) electrons. The highest BCUT2D eigenvalue weighted by atomic mass is 35.5. The number of aromatic nitrogens is 1. The second-order valence-corrected chi connectivity index (χ2v) is 5.60. The van der Waals surface area contributed by atoms with E-state index < -0.39 is 0 Å². The summed E-state index contributed by atoms with van der Waals surface area (Å²) in [5, 5.41) is 1.58. The maximum Gasteiger partial charge on any atom is 0.120 e. The van der Waals surface area contributed by atoms with Crippen LogP contribution < -0.4 is 10.5 Å². The third-order valence-corrected chi connectivity index (χ3v) is 3.60. The van der Waals surface area contributed by atoms with Crippen LogP contribution in [0.4, 0.5) is 0 Å². The lowest BCUT2D eigenvalue weighted by atomic mass is 10.2. The Morgan fingerprint density at radius 3 is 2.95 bits per heavy atom. The number of benzene rings is 1. The van der Waals surface area contributed by atoms with E-state index in [1.807, 2.05) is 36.4 Å². The van der Waals surface area contributed by atoms with Crippen molar-refractivity contribution in [3.05, 3.63) is 53.2 Å². The van der Waals surface area contributed by atoms with Crippen LogP contribution in [-0.2, 0) is 0 Å². The molecule has 0 fully saturated rings. The zero-order chi connectivity index (χ0) is 14.9. The first-order valence-electron chi connectivity index (χ1n) is 6.44. The fourth-order valence-corrected chi connectivity index (χ4v) is 2.35. The minimum Gasteiger partial charge on any atom is -0.493 e. The molecule has 0 atom stereocenters. The predicted molar refractivity (Wildman–Crippen MR) is 87.8 cm³/mol. The molecule has 0 saturated carbocycles. The van der Waals surface area contributed by atoms with E-state index in [2.05, 4.69) is 16.8 Å². The van der Waals surface area contributed by atoms with E-state index in [-0.39, 0.29) is 0 Å². The van der Waals surface area contributed by atoms with Crippen molar-refractivity contribution in [3.8, 4) is 17.6 Å². The Labute approximate surface area is 133 Å². The summed E-state index contributed by atoms with van der Waals surface area (Å²) in [6.45, 7) is 0.957. The van der Waals surface area contributed by atoms with Crippen LogP contribution in [0.3, 0.4) is 0 Å². The topological polar surface area (TPSA) is 48.1 Å². The third kappa shape index (κ3) is 5.68. The summed E-state index contributed by atoms with van der Waals surface area (Å²) < 4.78 is 5.70. The molecule has 0 spiro atoms. The first kappa shape index (κ1) is 15.7. The lowest BCUT2D eigenvalue weighted by Crippen LogP contribution is -2.00. The summed E-state index contributed by atoms with van der Waals surface area (Å²) in [5.41, 5.74) is 6.26. The molecular weight excluding hydrogens is 304 g/mol. The molecule has 1 aromatic carbocycles. The van der Waals surface area contributed by atoms with Crippen molar-refractivity contribution in [1.29, 1.82) is 0 Å². The Bertz CT molecular complexity index is 635. The lowest BCUT2D eigenvalue weighted by molar-refractivity contribution is 0.344. The van der Waals surface area contributed by atoms with Gasteiger partial charge in [0.25, 0.3) is 0 Å². The van der Waals surface area contributed by atoms with Gasteiger partial charge in [0.1, 0.15) is 5.75 Å². The maximum absolute atomic E-state index is 5.79. The van der Waals surface area contributed by atoms with Gasteiger partial charge in [0.2, 0.25) is 0 Å². The molecule has 2 N–H and O–H groups in total. The highest BCUT2D eigenvalue weighted by Gasteiger charge is 1.98. The van der Waals surface area contributed by atoms with E-state index in [4.69, 9.17) is 22.1 Å². The number of pyridine rings is 1. The molecule has 0 unspecified atom stereocenters. The van der Waals surface area contributed by atoms with E-state index in [9.17, 15) is 0 Å². The molecule has 3 nitrogen and oxygen atoms in total. The Balaban J connectivity index is 1.79. The van der Waals surface area contributed by atoms with Crippen molar-refractivity contribution in [2.45, 2.75) is 5.03 Å². The van der Waals surface area contributed by atoms with Gasteiger partial charge in [-0.25, -0.2) is 4.98 Å². The minimum atomic E-state index is 0.357. The van der Waals surface area contributed by atoms with Crippen LogP contribution in [0.15, 0.2) is 47.6 Å². The van der Waals surface area contributed by atoms with Gasteiger partial charge in [-0.15, -0.1) is 11.8 Å². The standard InChI is InChI=1S/C16H15ClN2OS/c17-14-6-7-16(19-12-14)21-10-9-20-15-5-1-3-13(11-15)4-2-8-18/h1,3,5-7,11-12H,8-10,18H2. The summed E-state index contributed by atoms with van der Waals surface area (Å²) in [6, 6.07) is 11.4. The van der Waals surface area contributed by atoms with Crippen LogP contribution in [0, 0.1) is 11.8 Å². The van der Waals surface area contributed by atoms with Crippen molar-refractivity contribution in [3.63, 3.8) is 0 Å². The minimum absolute atomic E-state index is 0.357. The molecule has 0 bridgehead atoms. The number of nitrogens with zero attached hydrogens (tertiary/aromatic N) is 1. The average Bonchev–Trinajstić information content (AvgIpc) is 2.52. The van der Waals surface area contributed by atoms with Gasteiger partial charge in [0.05, 0.1) is 23.2 Å². The summed E-state index contributed by atoms with van der Waals surface area (Å²) in [7, 11) is 0. The van der Waals surface area contributed by atoms with Crippen LogP contribution in [0.25, 0.3) is 0 Å². The molecule has 0 aliphatic carbocycles. The molecule has 1 heterocycles. The van der Waals surface area contributed by atoms with Crippen molar-refractivity contribution in [2.24, 2.45) is 5.73 Å². The number of hydrogen-bond donors (Lipinski definition) is 1. The van der Waals surface area contributed by atoms with Gasteiger partial charge in [-0.05, 0) is 30.3 Å². The van der Waals surface area contributed by atoms with Crippen molar-refractivity contribution < 1.29 is 4.74 Å². The Morgan fingerprint density at radius 1 is 1.29 bits per heavy atom. The Hall–Kier alpha value is -1.67. The van der Waals surface area contributed by atoms with Crippen LogP contribution in [0.2, 0.25) is 5.02 Å². The Morgan fingerprint density at radius 2 is 2.19 bits per heavy atom. The van der Waals surface area contributed by atoms with Crippen LogP contribution in [0.1, 0.15) is 5.56 Å². The van der Waals surface area contributed by atoms with Gasteiger partial charge in [-0.1, -0.05) is 29.5 Å². The molecule has 108 valence electrons. The van der Waals surface area contributed by atoms with E-state index >= 15 is 0 Å². The first-order valence-corrected chi connectivity index (χ1v) is 7.80. The molecular formula is C16H15ClN2OS. The van der Waals surface area contributed by atoms with E-state index in [1.54, 1.807) is 18.0 Å². The van der Waals surface area contributed by atoms with Gasteiger partial charge in [0.15, 0.2) is 0 Å². The predicted octanol–water partition coefficient (Wildman–Crippen LogP) is 3.22. The molecule has 21 heavy (non-hydrogen) atoms. The zero-order valence-corrected chi connectivity index (χ0v) is 13.0. The van der Waals surface area contributed by atoms with Crippen LogP contribution >= 0.6 is 23.4 Å². The number of halogens is 1. The van der Waals surface area contributed by atoms with E-state index in [0.717, 1.165) is 22.1 Å². The number of ether oxygens (including phenoxy) is 1. The van der Waals surface area contributed by atoms with Crippen molar-refractivity contribution in [2.75, 3.05) is 18.9 Å². The van der Waals surface area contributed by atoms with E-state index in [0.29, 0.717) is 18.2 Å². The maximum atomic E-state index is 5.79. The number of thioether (sulfide) groups is 1. The highest BCUT2D eigenvalue weighted by Crippen LogP contribution is 2.18. The molecule has 2 aromatic rings. The molecule has 5 heteroatoms. The van der Waals surface area contributed by atoms with Crippen molar-refractivity contribution in [1.82, 2.24) is 4.98 Å². The van der Waals surface area contributed by atoms with Crippen molar-refractivity contribution >= 4 is 23.4 Å². The first-order chi connectivity index (χ1) is 10.3. The Kier molecular flexibility index (Phi) is 6.42. The van der Waals surface area contributed by atoms with Gasteiger partial charge >= 0.3 is 0 Å². The molecule has 0 aliphatic heterocycles. The summed E-state index contributed by atoms with van der Waals surface area (Å²) in [6.07, 6.45) is 1.64.